The molecule has 0 bridgehead atoms. The smallest absolute Gasteiger partial charge is 0.130 e. The van der Waals surface area contributed by atoms with E-state index < -0.39 is 6.10 Å². The Morgan fingerprint density at radius 1 is 1.30 bits per heavy atom. The molecule has 1 heterocycles. The Labute approximate surface area is 120 Å². The van der Waals surface area contributed by atoms with Crippen molar-refractivity contribution in [3.05, 3.63) is 46.8 Å². The molecule has 20 heavy (non-hydrogen) atoms. The first-order valence-electron chi connectivity index (χ1n) is 6.96. The standard InChI is InChI=1S/C16H22N2O2/c1-5-18-14(9-12(3)17-18)10-20-16-7-6-11(2)8-15(16)13(4)19/h6-9,13,19H,5,10H2,1-4H3. The molecule has 1 aromatic carbocycles. The van der Waals surface area contributed by atoms with Crippen molar-refractivity contribution in [2.24, 2.45) is 0 Å². The highest BCUT2D eigenvalue weighted by Gasteiger charge is 2.11. The Bertz CT molecular complexity index is 588. The Kier molecular flexibility index (Phi) is 4.45. The van der Waals surface area contributed by atoms with E-state index in [1.165, 1.54) is 0 Å². The highest BCUT2D eigenvalue weighted by atomic mass is 16.5. The predicted octanol–water partition coefficient (Wildman–Crippen LogP) is 3.15. The topological polar surface area (TPSA) is 47.3 Å². The van der Waals surface area contributed by atoms with Gasteiger partial charge in [0.05, 0.1) is 17.5 Å². The van der Waals surface area contributed by atoms with E-state index in [1.807, 2.05) is 42.8 Å². The molecule has 0 spiro atoms. The summed E-state index contributed by atoms with van der Waals surface area (Å²) < 4.78 is 7.81. The van der Waals surface area contributed by atoms with Crippen molar-refractivity contribution in [1.82, 2.24) is 9.78 Å². The zero-order valence-corrected chi connectivity index (χ0v) is 12.6. The van der Waals surface area contributed by atoms with Crippen LogP contribution in [0.25, 0.3) is 0 Å². The Morgan fingerprint density at radius 3 is 2.70 bits per heavy atom. The van der Waals surface area contributed by atoms with Gasteiger partial charge in [0.25, 0.3) is 0 Å². The van der Waals surface area contributed by atoms with Gasteiger partial charge in [-0.1, -0.05) is 11.6 Å². The second-order valence-corrected chi connectivity index (χ2v) is 5.10. The van der Waals surface area contributed by atoms with Crippen molar-refractivity contribution < 1.29 is 9.84 Å². The molecule has 1 aromatic heterocycles. The van der Waals surface area contributed by atoms with Gasteiger partial charge in [0.15, 0.2) is 0 Å². The van der Waals surface area contributed by atoms with E-state index in [0.717, 1.165) is 34.8 Å². The molecule has 0 amide bonds. The first-order valence-corrected chi connectivity index (χ1v) is 6.96. The maximum absolute atomic E-state index is 9.83. The number of ether oxygens (including phenoxy) is 1. The van der Waals surface area contributed by atoms with Crippen LogP contribution < -0.4 is 4.74 Å². The summed E-state index contributed by atoms with van der Waals surface area (Å²) >= 11 is 0. The summed E-state index contributed by atoms with van der Waals surface area (Å²) in [7, 11) is 0. The number of hydrogen-bond acceptors (Lipinski definition) is 3. The molecule has 0 aliphatic rings. The summed E-state index contributed by atoms with van der Waals surface area (Å²) in [6, 6.07) is 7.89. The van der Waals surface area contributed by atoms with Gasteiger partial charge in [-0.2, -0.15) is 5.10 Å². The number of aliphatic hydroxyl groups is 1. The van der Waals surface area contributed by atoms with Crippen LogP contribution in [-0.4, -0.2) is 14.9 Å². The summed E-state index contributed by atoms with van der Waals surface area (Å²) in [5, 5.41) is 14.2. The molecule has 4 nitrogen and oxygen atoms in total. The third-order valence-corrected chi connectivity index (χ3v) is 3.28. The lowest BCUT2D eigenvalue weighted by molar-refractivity contribution is 0.189. The normalized spacial score (nSPS) is 12.4. The minimum absolute atomic E-state index is 0.456. The van der Waals surface area contributed by atoms with Crippen LogP contribution in [-0.2, 0) is 13.2 Å². The molecular formula is C16H22N2O2. The summed E-state index contributed by atoms with van der Waals surface area (Å²) in [5.74, 6) is 0.729. The van der Waals surface area contributed by atoms with Crippen LogP contribution in [0, 0.1) is 13.8 Å². The zero-order chi connectivity index (χ0) is 14.7. The highest BCUT2D eigenvalue weighted by Crippen LogP contribution is 2.27. The average Bonchev–Trinajstić information content (AvgIpc) is 2.77. The Morgan fingerprint density at radius 2 is 2.05 bits per heavy atom. The zero-order valence-electron chi connectivity index (χ0n) is 12.6. The fourth-order valence-electron chi connectivity index (χ4n) is 2.27. The molecule has 4 heteroatoms. The molecule has 0 aliphatic carbocycles. The molecule has 0 radical (unpaired) electrons. The van der Waals surface area contributed by atoms with Crippen molar-refractivity contribution in [3.63, 3.8) is 0 Å². The molecule has 108 valence electrons. The molecule has 0 fully saturated rings. The lowest BCUT2D eigenvalue weighted by atomic mass is 10.1. The molecule has 1 N–H and O–H groups in total. The van der Waals surface area contributed by atoms with Crippen LogP contribution in [0.15, 0.2) is 24.3 Å². The van der Waals surface area contributed by atoms with Gasteiger partial charge in [-0.25, -0.2) is 0 Å². The first-order chi connectivity index (χ1) is 9.51. The summed E-state index contributed by atoms with van der Waals surface area (Å²) in [6.07, 6.45) is -0.539. The number of aliphatic hydroxyl groups excluding tert-OH is 1. The van der Waals surface area contributed by atoms with E-state index in [0.29, 0.717) is 6.61 Å². The molecule has 1 unspecified atom stereocenters. The van der Waals surface area contributed by atoms with Gasteiger partial charge >= 0.3 is 0 Å². The summed E-state index contributed by atoms with van der Waals surface area (Å²) in [4.78, 5) is 0. The van der Waals surface area contributed by atoms with E-state index in [1.54, 1.807) is 6.92 Å². The van der Waals surface area contributed by atoms with Gasteiger partial charge in [0.1, 0.15) is 12.4 Å². The maximum atomic E-state index is 9.83. The number of hydrogen-bond donors (Lipinski definition) is 1. The van der Waals surface area contributed by atoms with E-state index in [9.17, 15) is 5.11 Å². The monoisotopic (exact) mass is 274 g/mol. The van der Waals surface area contributed by atoms with Crippen LogP contribution in [0.5, 0.6) is 5.75 Å². The van der Waals surface area contributed by atoms with Crippen molar-refractivity contribution in [1.29, 1.82) is 0 Å². The molecule has 2 rings (SSSR count). The van der Waals surface area contributed by atoms with E-state index in [2.05, 4.69) is 12.0 Å². The molecule has 1 atom stereocenters. The highest BCUT2D eigenvalue weighted by molar-refractivity contribution is 5.38. The molecule has 0 saturated heterocycles. The minimum atomic E-state index is -0.539. The van der Waals surface area contributed by atoms with E-state index >= 15 is 0 Å². The number of nitrogens with zero attached hydrogens (tertiary/aromatic N) is 2. The van der Waals surface area contributed by atoms with Gasteiger partial charge in [-0.05, 0) is 45.9 Å². The average molecular weight is 274 g/mol. The van der Waals surface area contributed by atoms with Crippen molar-refractivity contribution in [3.8, 4) is 5.75 Å². The predicted molar refractivity (Wildman–Crippen MR) is 78.8 cm³/mol. The van der Waals surface area contributed by atoms with E-state index in [4.69, 9.17) is 4.74 Å². The van der Waals surface area contributed by atoms with Gasteiger partial charge in [0, 0.05) is 12.1 Å². The number of aryl methyl sites for hydroxylation is 3. The molecular weight excluding hydrogens is 252 g/mol. The largest absolute Gasteiger partial charge is 0.487 e. The van der Waals surface area contributed by atoms with Gasteiger partial charge in [-0.3, -0.25) is 4.68 Å². The van der Waals surface area contributed by atoms with Crippen molar-refractivity contribution >= 4 is 0 Å². The number of rotatable bonds is 5. The second-order valence-electron chi connectivity index (χ2n) is 5.10. The third kappa shape index (κ3) is 3.20. The van der Waals surface area contributed by atoms with Crippen LogP contribution in [0.4, 0.5) is 0 Å². The lowest BCUT2D eigenvalue weighted by Crippen LogP contribution is -2.07. The fraction of sp³-hybridized carbons (Fsp3) is 0.438. The van der Waals surface area contributed by atoms with Gasteiger partial charge in [-0.15, -0.1) is 0 Å². The molecule has 0 saturated carbocycles. The summed E-state index contributed by atoms with van der Waals surface area (Å²) in [6.45, 7) is 9.07. The van der Waals surface area contributed by atoms with Gasteiger partial charge < -0.3 is 9.84 Å². The fourth-order valence-corrected chi connectivity index (χ4v) is 2.27. The Hall–Kier alpha value is -1.81. The third-order valence-electron chi connectivity index (χ3n) is 3.28. The quantitative estimate of drug-likeness (QED) is 0.911. The molecule has 2 aromatic rings. The minimum Gasteiger partial charge on any atom is -0.487 e. The second kappa shape index (κ2) is 6.09. The van der Waals surface area contributed by atoms with Gasteiger partial charge in [0.2, 0.25) is 0 Å². The summed E-state index contributed by atoms with van der Waals surface area (Å²) in [5.41, 5.74) is 3.97. The van der Waals surface area contributed by atoms with Crippen molar-refractivity contribution in [2.75, 3.05) is 0 Å². The van der Waals surface area contributed by atoms with Crippen LogP contribution in [0.3, 0.4) is 0 Å². The Balaban J connectivity index is 2.18. The molecule has 0 aliphatic heterocycles. The van der Waals surface area contributed by atoms with E-state index in [-0.39, 0.29) is 0 Å². The first kappa shape index (κ1) is 14.6. The number of benzene rings is 1. The number of aromatic nitrogens is 2. The SMILES string of the molecule is CCn1nc(C)cc1COc1ccc(C)cc1C(C)O. The van der Waals surface area contributed by atoms with Crippen molar-refractivity contribution in [2.45, 2.75) is 47.0 Å². The van der Waals surface area contributed by atoms with Crippen LogP contribution in [0.1, 0.15) is 42.5 Å². The lowest BCUT2D eigenvalue weighted by Gasteiger charge is -2.14. The van der Waals surface area contributed by atoms with Crippen LogP contribution in [0.2, 0.25) is 0 Å². The maximum Gasteiger partial charge on any atom is 0.130 e. The van der Waals surface area contributed by atoms with Crippen LogP contribution >= 0.6 is 0 Å².